The molecule has 0 saturated heterocycles. The van der Waals surface area contributed by atoms with Crippen LogP contribution >= 0.6 is 11.3 Å². The van der Waals surface area contributed by atoms with E-state index in [1.165, 1.54) is 21.3 Å². The van der Waals surface area contributed by atoms with Gasteiger partial charge in [0.1, 0.15) is 11.4 Å². The molecule has 2 amide bonds. The number of anilines is 1. The molecule has 5 aromatic rings. The maximum atomic E-state index is 14.2. The number of rotatable bonds is 10. The van der Waals surface area contributed by atoms with Gasteiger partial charge in [0.25, 0.3) is 5.91 Å². The molecule has 0 fully saturated rings. The maximum absolute atomic E-state index is 14.2. The predicted molar refractivity (Wildman–Crippen MR) is 204 cm³/mol. The van der Waals surface area contributed by atoms with Crippen LogP contribution in [0.2, 0.25) is 0 Å². The van der Waals surface area contributed by atoms with Crippen molar-refractivity contribution in [2.45, 2.75) is 39.3 Å². The first-order valence-corrected chi connectivity index (χ1v) is 17.7. The lowest BCUT2D eigenvalue weighted by molar-refractivity contribution is 0.0522. The normalized spacial score (nSPS) is 12.0. The molecule has 53 heavy (non-hydrogen) atoms. The molecule has 6 rings (SSSR count). The number of hydrogen-bond acceptors (Lipinski definition) is 9. The summed E-state index contributed by atoms with van der Waals surface area (Å²) in [6.07, 6.45) is 0.171. The van der Waals surface area contributed by atoms with E-state index in [4.69, 9.17) is 23.7 Å². The number of carbonyl (C=O) groups excluding carboxylic acids is 2. The van der Waals surface area contributed by atoms with Crippen molar-refractivity contribution < 1.29 is 43.2 Å². The molecule has 0 unspecified atom stereocenters. The molecule has 4 aromatic carbocycles. The van der Waals surface area contributed by atoms with Gasteiger partial charge in [-0.15, -0.1) is 11.3 Å². The summed E-state index contributed by atoms with van der Waals surface area (Å²) in [5, 5.41) is 18.3. The highest BCUT2D eigenvalue weighted by Crippen LogP contribution is 2.45. The van der Waals surface area contributed by atoms with Gasteiger partial charge in [-0.05, 0) is 108 Å². The molecule has 0 aliphatic carbocycles. The van der Waals surface area contributed by atoms with Crippen LogP contribution in [0.3, 0.4) is 0 Å². The molecule has 0 bridgehead atoms. The molecule has 1 aliphatic heterocycles. The van der Waals surface area contributed by atoms with Crippen molar-refractivity contribution in [2.24, 2.45) is 0 Å². The number of aromatic carboxylic acids is 1. The van der Waals surface area contributed by atoms with Crippen molar-refractivity contribution in [1.29, 1.82) is 0 Å². The lowest BCUT2D eigenvalue weighted by Crippen LogP contribution is -2.32. The molecule has 0 saturated carbocycles. The van der Waals surface area contributed by atoms with E-state index in [-0.39, 0.29) is 17.7 Å². The highest BCUT2D eigenvalue weighted by molar-refractivity contribution is 7.13. The van der Waals surface area contributed by atoms with Crippen LogP contribution in [0, 0.1) is 0 Å². The molecule has 0 radical (unpaired) electrons. The average molecular weight is 737 g/mol. The van der Waals surface area contributed by atoms with E-state index in [1.807, 2.05) is 5.38 Å². The Hall–Kier alpha value is -6.01. The van der Waals surface area contributed by atoms with Gasteiger partial charge in [0.2, 0.25) is 5.75 Å². The lowest BCUT2D eigenvalue weighted by Gasteiger charge is -2.19. The lowest BCUT2D eigenvalue weighted by atomic mass is 9.90. The fourth-order valence-corrected chi connectivity index (χ4v) is 7.08. The number of carboxylic acids is 1. The van der Waals surface area contributed by atoms with Crippen LogP contribution in [0.5, 0.6) is 23.0 Å². The van der Waals surface area contributed by atoms with Gasteiger partial charge >= 0.3 is 12.1 Å². The third-order valence-electron chi connectivity index (χ3n) is 8.57. The quantitative estimate of drug-likeness (QED) is 0.128. The number of methoxy groups -OCH3 is 3. The van der Waals surface area contributed by atoms with Gasteiger partial charge in [0.15, 0.2) is 11.5 Å². The van der Waals surface area contributed by atoms with E-state index in [2.05, 4.69) is 16.7 Å². The van der Waals surface area contributed by atoms with Crippen LogP contribution < -0.4 is 29.6 Å². The van der Waals surface area contributed by atoms with Crippen LogP contribution in [0.1, 0.15) is 52.6 Å². The summed E-state index contributed by atoms with van der Waals surface area (Å²) in [6, 6.07) is 21.2. The molecule has 274 valence electrons. The van der Waals surface area contributed by atoms with Crippen LogP contribution in [0.15, 0.2) is 78.2 Å². The second-order valence-corrected chi connectivity index (χ2v) is 14.2. The second-order valence-electron chi connectivity index (χ2n) is 13.3. The second kappa shape index (κ2) is 15.3. The standard InChI is InChI=1S/C41H40N2O9S/c1-41(2,3)52-40(47)42-22-23-7-10-27(11-8-23)43-38(44)30-20-32-33(51-15-13-24-14-16-53-37(24)32)21-29(30)28-12-9-25(17-31(28)39(45)46)26-18-34(48-4)36(50-6)35(19-26)49-5/h7-12,14,16-21H,13,15,22H2,1-6H3,(H,42,47)(H,43,44)(H,45,46). The van der Waals surface area contributed by atoms with E-state index in [1.54, 1.807) is 98.8 Å². The molecule has 0 atom stereocenters. The Morgan fingerprint density at radius 1 is 0.811 bits per heavy atom. The number of thiophene rings is 1. The fourth-order valence-electron chi connectivity index (χ4n) is 6.10. The van der Waals surface area contributed by atoms with Gasteiger partial charge < -0.3 is 39.4 Å². The first kappa shape index (κ1) is 36.8. The third kappa shape index (κ3) is 8.07. The van der Waals surface area contributed by atoms with E-state index in [0.717, 1.165) is 21.6 Å². The zero-order valence-corrected chi connectivity index (χ0v) is 31.1. The highest BCUT2D eigenvalue weighted by Gasteiger charge is 2.26. The number of ether oxygens (including phenoxy) is 5. The van der Waals surface area contributed by atoms with Crippen molar-refractivity contribution in [3.8, 4) is 55.7 Å². The summed E-state index contributed by atoms with van der Waals surface area (Å²) in [5.41, 5.74) is 4.80. The smallest absolute Gasteiger partial charge is 0.407 e. The first-order valence-electron chi connectivity index (χ1n) is 16.8. The number of carbonyl (C=O) groups is 3. The summed E-state index contributed by atoms with van der Waals surface area (Å²) in [6.45, 7) is 6.05. The highest BCUT2D eigenvalue weighted by atomic mass is 32.1. The van der Waals surface area contributed by atoms with Gasteiger partial charge in [-0.25, -0.2) is 9.59 Å². The van der Waals surface area contributed by atoms with E-state index >= 15 is 0 Å². The third-order valence-corrected chi connectivity index (χ3v) is 9.56. The molecule has 12 heteroatoms. The number of amides is 2. The molecule has 1 aromatic heterocycles. The molecule has 2 heterocycles. The van der Waals surface area contributed by atoms with Crippen molar-refractivity contribution in [3.63, 3.8) is 0 Å². The van der Waals surface area contributed by atoms with E-state index in [9.17, 15) is 19.5 Å². The number of carboxylic acid groups (broad SMARTS) is 1. The Balaban J connectivity index is 1.39. The minimum absolute atomic E-state index is 0.0162. The van der Waals surface area contributed by atoms with E-state index in [0.29, 0.717) is 64.0 Å². The number of nitrogens with one attached hydrogen (secondary N) is 2. The zero-order chi connectivity index (χ0) is 37.9. The Labute approximate surface area is 311 Å². The molecule has 11 nitrogen and oxygen atoms in total. The Kier molecular flexibility index (Phi) is 10.6. The van der Waals surface area contributed by atoms with Gasteiger partial charge in [-0.3, -0.25) is 4.79 Å². The molecule has 1 aliphatic rings. The largest absolute Gasteiger partial charge is 0.493 e. The zero-order valence-electron chi connectivity index (χ0n) is 30.2. The summed E-state index contributed by atoms with van der Waals surface area (Å²) in [5.74, 6) is 0.206. The monoisotopic (exact) mass is 736 g/mol. The minimum Gasteiger partial charge on any atom is -0.493 e. The van der Waals surface area contributed by atoms with Gasteiger partial charge in [0, 0.05) is 34.7 Å². The van der Waals surface area contributed by atoms with Crippen molar-refractivity contribution in [1.82, 2.24) is 5.32 Å². The topological polar surface area (TPSA) is 142 Å². The SMILES string of the molecule is COc1cc(-c2ccc(-c3cc4c(cc3C(=O)Nc3ccc(CNC(=O)OC(C)(C)C)cc3)-c3sccc3CCO4)c(C(=O)O)c2)cc(OC)c1OC. The van der Waals surface area contributed by atoms with Crippen molar-refractivity contribution in [3.05, 3.63) is 100 Å². The molecule has 3 N–H and O–H groups in total. The number of hydrogen-bond donors (Lipinski definition) is 3. The first-order chi connectivity index (χ1) is 25.4. The summed E-state index contributed by atoms with van der Waals surface area (Å²) >= 11 is 1.56. The van der Waals surface area contributed by atoms with Crippen LogP contribution in [0.25, 0.3) is 32.7 Å². The Morgan fingerprint density at radius 2 is 1.53 bits per heavy atom. The van der Waals surface area contributed by atoms with Crippen molar-refractivity contribution >= 4 is 35.0 Å². The van der Waals surface area contributed by atoms with Crippen molar-refractivity contribution in [2.75, 3.05) is 33.3 Å². The average Bonchev–Trinajstić information content (AvgIpc) is 3.53. The summed E-state index contributed by atoms with van der Waals surface area (Å²) in [7, 11) is 4.53. The fraction of sp³-hybridized carbons (Fsp3) is 0.244. The van der Waals surface area contributed by atoms with E-state index < -0.39 is 23.6 Å². The summed E-state index contributed by atoms with van der Waals surface area (Å²) < 4.78 is 28.0. The predicted octanol–water partition coefficient (Wildman–Crippen LogP) is 8.69. The molecular formula is C41H40N2O9S. The van der Waals surface area contributed by atoms with Gasteiger partial charge in [-0.1, -0.05) is 24.3 Å². The maximum Gasteiger partial charge on any atom is 0.407 e. The van der Waals surface area contributed by atoms with Crippen LogP contribution in [0.4, 0.5) is 10.5 Å². The number of benzene rings is 4. The van der Waals surface area contributed by atoms with Gasteiger partial charge in [-0.2, -0.15) is 0 Å². The van der Waals surface area contributed by atoms with Gasteiger partial charge in [0.05, 0.1) is 33.5 Å². The number of fused-ring (bicyclic) bond motifs is 3. The summed E-state index contributed by atoms with van der Waals surface area (Å²) in [4.78, 5) is 40.3. The Bertz CT molecular complexity index is 2160. The molecule has 0 spiro atoms. The molecular weight excluding hydrogens is 697 g/mol. The van der Waals surface area contributed by atoms with Crippen LogP contribution in [-0.4, -0.2) is 56.6 Å². The van der Waals surface area contributed by atoms with Crippen LogP contribution in [-0.2, 0) is 17.7 Å². The Morgan fingerprint density at radius 3 is 2.17 bits per heavy atom. The number of alkyl carbamates (subject to hydrolysis) is 1. The minimum atomic E-state index is -1.17.